The van der Waals surface area contributed by atoms with Crippen LogP contribution in [0.25, 0.3) is 16.9 Å². The van der Waals surface area contributed by atoms with Gasteiger partial charge in [0.25, 0.3) is 0 Å². The summed E-state index contributed by atoms with van der Waals surface area (Å²) >= 11 is 0. The molecule has 0 aliphatic heterocycles. The van der Waals surface area contributed by atoms with Gasteiger partial charge in [0.1, 0.15) is 17.3 Å². The second-order valence-electron chi connectivity index (χ2n) is 9.08. The molecule has 2 aromatic carbocycles. The molecule has 2 atom stereocenters. The molecule has 0 saturated heterocycles. The van der Waals surface area contributed by atoms with Crippen LogP contribution in [0.5, 0.6) is 11.5 Å². The van der Waals surface area contributed by atoms with E-state index in [1.54, 1.807) is 6.20 Å². The fourth-order valence-corrected chi connectivity index (χ4v) is 5.11. The van der Waals surface area contributed by atoms with Crippen molar-refractivity contribution in [1.82, 2.24) is 14.6 Å². The molecule has 1 aliphatic rings. The van der Waals surface area contributed by atoms with Crippen molar-refractivity contribution >= 4 is 21.8 Å². The zero-order valence-corrected chi connectivity index (χ0v) is 20.6. The molecule has 9 nitrogen and oxygen atoms in total. The van der Waals surface area contributed by atoms with Crippen LogP contribution >= 0.6 is 0 Å². The van der Waals surface area contributed by atoms with Crippen molar-refractivity contribution in [2.24, 2.45) is 17.0 Å². The molecule has 10 heteroatoms. The van der Waals surface area contributed by atoms with Crippen LogP contribution in [0.15, 0.2) is 72.9 Å². The van der Waals surface area contributed by atoms with E-state index in [1.165, 1.54) is 0 Å². The highest BCUT2D eigenvalue weighted by Crippen LogP contribution is 2.34. The number of ether oxygens (including phenoxy) is 1. The summed E-state index contributed by atoms with van der Waals surface area (Å²) in [7, 11) is -3.88. The fraction of sp³-hybridized carbons (Fsp3) is 0.308. The average Bonchev–Trinajstić information content (AvgIpc) is 3.51. The molecule has 2 heterocycles. The Bertz CT molecular complexity index is 1420. The number of anilines is 1. The Kier molecular flexibility index (Phi) is 7.17. The predicted octanol–water partition coefficient (Wildman–Crippen LogP) is 4.63. The van der Waals surface area contributed by atoms with Gasteiger partial charge in [-0.3, -0.25) is 4.18 Å². The quantitative estimate of drug-likeness (QED) is 0.321. The number of nitrogens with zero attached hydrogens (tertiary/aromatic N) is 3. The maximum Gasteiger partial charge on any atom is 0.333 e. The first-order valence-electron chi connectivity index (χ1n) is 12.0. The normalized spacial score (nSPS) is 17.9. The summed E-state index contributed by atoms with van der Waals surface area (Å²) in [4.78, 5) is 4.48. The molecule has 4 aromatic rings. The van der Waals surface area contributed by atoms with E-state index in [4.69, 9.17) is 19.2 Å². The second-order valence-corrected chi connectivity index (χ2v) is 10.3. The first kappa shape index (κ1) is 24.2. The van der Waals surface area contributed by atoms with Gasteiger partial charge >= 0.3 is 10.3 Å². The van der Waals surface area contributed by atoms with Gasteiger partial charge in [-0.2, -0.15) is 18.0 Å². The number of aromatic nitrogens is 3. The predicted molar refractivity (Wildman–Crippen MR) is 138 cm³/mol. The zero-order valence-electron chi connectivity index (χ0n) is 19.8. The van der Waals surface area contributed by atoms with Crippen LogP contribution in [0, 0.1) is 11.8 Å². The standard InChI is InChI=1S/C26H29N5O4S/c27-36(32,33)34-18-20-11-10-19(16-20)12-14-28-25-13-15-29-26-17-23(30-31(25)26)22-8-4-5-9-24(22)35-21-6-2-1-3-7-21/h1-9,13,15,17,19-20,28H,10-12,14,16,18H2,(H2,27,32,33). The Morgan fingerprint density at radius 1 is 1.03 bits per heavy atom. The Labute approximate surface area is 210 Å². The molecule has 5 rings (SSSR count). The maximum atomic E-state index is 11.0. The highest BCUT2D eigenvalue weighted by Gasteiger charge is 2.25. The highest BCUT2D eigenvalue weighted by atomic mass is 32.2. The molecule has 3 N–H and O–H groups in total. The molecule has 1 aliphatic carbocycles. The molecule has 0 amide bonds. The van der Waals surface area contributed by atoms with Crippen LogP contribution in [0.4, 0.5) is 5.82 Å². The lowest BCUT2D eigenvalue weighted by molar-refractivity contribution is 0.253. The molecular formula is C26H29N5O4S. The van der Waals surface area contributed by atoms with Crippen LogP contribution in [-0.4, -0.2) is 36.2 Å². The Morgan fingerprint density at radius 3 is 2.64 bits per heavy atom. The fourth-order valence-electron chi connectivity index (χ4n) is 4.73. The molecular weight excluding hydrogens is 478 g/mol. The van der Waals surface area contributed by atoms with Crippen LogP contribution in [-0.2, 0) is 14.5 Å². The number of nitrogens with two attached hydrogens (primary N) is 1. The van der Waals surface area contributed by atoms with E-state index in [0.717, 1.165) is 66.4 Å². The van der Waals surface area contributed by atoms with Gasteiger partial charge in [-0.1, -0.05) is 36.8 Å². The first-order valence-corrected chi connectivity index (χ1v) is 13.5. The topological polar surface area (TPSA) is 121 Å². The number of rotatable bonds is 10. The third-order valence-corrected chi connectivity index (χ3v) is 6.93. The summed E-state index contributed by atoms with van der Waals surface area (Å²) < 4.78 is 34.8. The summed E-state index contributed by atoms with van der Waals surface area (Å²) in [6.07, 6.45) is 5.68. The van der Waals surface area contributed by atoms with E-state index in [2.05, 4.69) is 10.3 Å². The van der Waals surface area contributed by atoms with Gasteiger partial charge in [-0.15, -0.1) is 0 Å². The number of hydrogen-bond donors (Lipinski definition) is 2. The molecule has 0 radical (unpaired) electrons. The minimum atomic E-state index is -3.88. The van der Waals surface area contributed by atoms with E-state index in [1.807, 2.05) is 71.2 Å². The van der Waals surface area contributed by atoms with Crippen LogP contribution in [0.1, 0.15) is 25.7 Å². The van der Waals surface area contributed by atoms with Gasteiger partial charge in [0.05, 0.1) is 12.3 Å². The number of fused-ring (bicyclic) bond motifs is 1. The molecule has 0 bridgehead atoms. The van der Waals surface area contributed by atoms with Gasteiger partial charge < -0.3 is 10.1 Å². The zero-order chi connectivity index (χ0) is 25.0. The molecule has 1 saturated carbocycles. The Balaban J connectivity index is 1.25. The summed E-state index contributed by atoms with van der Waals surface area (Å²) in [5.41, 5.74) is 2.40. The molecule has 1 fully saturated rings. The van der Waals surface area contributed by atoms with Crippen molar-refractivity contribution in [3.63, 3.8) is 0 Å². The number of nitrogens with one attached hydrogen (secondary N) is 1. The lowest BCUT2D eigenvalue weighted by Gasteiger charge is -2.13. The third-order valence-electron chi connectivity index (χ3n) is 6.47. The van der Waals surface area contributed by atoms with Gasteiger partial charge in [0.2, 0.25) is 0 Å². The van der Waals surface area contributed by atoms with E-state index in [9.17, 15) is 8.42 Å². The highest BCUT2D eigenvalue weighted by molar-refractivity contribution is 7.84. The van der Waals surface area contributed by atoms with Gasteiger partial charge in [0.15, 0.2) is 5.65 Å². The van der Waals surface area contributed by atoms with Crippen molar-refractivity contribution in [3.05, 3.63) is 72.9 Å². The van der Waals surface area contributed by atoms with Crippen LogP contribution < -0.4 is 15.2 Å². The van der Waals surface area contributed by atoms with Gasteiger partial charge in [-0.25, -0.2) is 10.1 Å². The summed E-state index contributed by atoms with van der Waals surface area (Å²) in [5.74, 6) is 3.09. The largest absolute Gasteiger partial charge is 0.457 e. The summed E-state index contributed by atoms with van der Waals surface area (Å²) in [6, 6.07) is 21.4. The third kappa shape index (κ3) is 6.01. The number of hydrogen-bond acceptors (Lipinski definition) is 7. The number of benzene rings is 2. The van der Waals surface area contributed by atoms with Crippen LogP contribution in [0.2, 0.25) is 0 Å². The summed E-state index contributed by atoms with van der Waals surface area (Å²) in [5, 5.41) is 13.2. The lowest BCUT2D eigenvalue weighted by Crippen LogP contribution is -2.19. The van der Waals surface area contributed by atoms with Gasteiger partial charge in [-0.05, 0) is 61.4 Å². The SMILES string of the molecule is NS(=O)(=O)OCC1CCC(CCNc2ccnc3cc(-c4ccccc4Oc4ccccc4)nn23)C1. The maximum absolute atomic E-state index is 11.0. The van der Waals surface area contributed by atoms with Gasteiger partial charge in [0, 0.05) is 24.4 Å². The molecule has 0 spiro atoms. The smallest absolute Gasteiger partial charge is 0.333 e. The van der Waals surface area contributed by atoms with Crippen molar-refractivity contribution in [1.29, 1.82) is 0 Å². The average molecular weight is 508 g/mol. The first-order chi connectivity index (χ1) is 17.4. The molecule has 188 valence electrons. The Morgan fingerprint density at radius 2 is 1.81 bits per heavy atom. The summed E-state index contributed by atoms with van der Waals surface area (Å²) in [6.45, 7) is 0.939. The lowest BCUT2D eigenvalue weighted by atomic mass is 10.0. The molecule has 36 heavy (non-hydrogen) atoms. The second kappa shape index (κ2) is 10.7. The van der Waals surface area contributed by atoms with Crippen molar-refractivity contribution in [2.75, 3.05) is 18.5 Å². The molecule has 2 unspecified atom stereocenters. The number of para-hydroxylation sites is 2. The Hall–Kier alpha value is -3.47. The minimum Gasteiger partial charge on any atom is -0.457 e. The van der Waals surface area contributed by atoms with Crippen molar-refractivity contribution in [2.45, 2.75) is 25.7 Å². The van der Waals surface area contributed by atoms with E-state index >= 15 is 0 Å². The molecule has 2 aromatic heterocycles. The minimum absolute atomic E-state index is 0.166. The van der Waals surface area contributed by atoms with E-state index in [0.29, 0.717) is 5.92 Å². The van der Waals surface area contributed by atoms with E-state index in [-0.39, 0.29) is 12.5 Å². The van der Waals surface area contributed by atoms with E-state index < -0.39 is 10.3 Å². The van der Waals surface area contributed by atoms with Crippen LogP contribution in [0.3, 0.4) is 0 Å². The monoisotopic (exact) mass is 507 g/mol. The van der Waals surface area contributed by atoms with Crippen molar-refractivity contribution < 1.29 is 17.3 Å². The van der Waals surface area contributed by atoms with Crippen molar-refractivity contribution in [3.8, 4) is 22.8 Å².